The van der Waals surface area contributed by atoms with Gasteiger partial charge in [0.2, 0.25) is 11.8 Å². The molecule has 0 spiro atoms. The number of aromatic nitrogens is 3. The van der Waals surface area contributed by atoms with E-state index in [1.807, 2.05) is 6.92 Å². The van der Waals surface area contributed by atoms with Gasteiger partial charge in [-0.25, -0.2) is 4.68 Å². The van der Waals surface area contributed by atoms with E-state index >= 15 is 0 Å². The number of aliphatic hydroxyl groups is 1. The summed E-state index contributed by atoms with van der Waals surface area (Å²) < 4.78 is 45.2. The van der Waals surface area contributed by atoms with E-state index in [0.717, 1.165) is 0 Å². The quantitative estimate of drug-likeness (QED) is 0.688. The first-order chi connectivity index (χ1) is 15.0. The summed E-state index contributed by atoms with van der Waals surface area (Å²) in [4.78, 5) is 27.8. The molecule has 0 aliphatic carbocycles. The maximum atomic E-state index is 12.8. The van der Waals surface area contributed by atoms with Crippen LogP contribution in [0.15, 0.2) is 6.20 Å². The van der Waals surface area contributed by atoms with Crippen LogP contribution in [0.4, 0.5) is 13.2 Å². The molecule has 3 atom stereocenters. The molecule has 2 rings (SSSR count). The number of rotatable bonds is 6. The zero-order valence-electron chi connectivity index (χ0n) is 18.7. The first-order valence-corrected chi connectivity index (χ1v) is 10.7. The summed E-state index contributed by atoms with van der Waals surface area (Å²) in [6, 6.07) is -0.401. The lowest BCUT2D eigenvalue weighted by atomic mass is 10.0. The van der Waals surface area contributed by atoms with Crippen molar-refractivity contribution < 1.29 is 32.6 Å². The Morgan fingerprint density at radius 3 is 2.81 bits per heavy atom. The molecule has 1 N–H and O–H groups in total. The average Bonchev–Trinajstić information content (AvgIpc) is 3.17. The van der Waals surface area contributed by atoms with Crippen molar-refractivity contribution in [2.24, 2.45) is 5.92 Å². The summed E-state index contributed by atoms with van der Waals surface area (Å²) in [7, 11) is 1.44. The minimum absolute atomic E-state index is 0.0644. The summed E-state index contributed by atoms with van der Waals surface area (Å²) in [6.45, 7) is 4.38. The number of likely N-dealkylation sites (N-methyl/N-ethyl adjacent to an activating group) is 1. The predicted octanol–water partition coefficient (Wildman–Crippen LogP) is 1.60. The van der Waals surface area contributed by atoms with Crippen molar-refractivity contribution in [1.29, 1.82) is 0 Å². The Labute approximate surface area is 185 Å². The SMILES string of the molecule is C[C@H](CO)N1C[C@H](C)[C@@H](CN(C)C(=O)CCC(F)(F)F)OCc2cnnn2CCCC1=O. The number of nitrogens with zero attached hydrogens (tertiary/aromatic N) is 5. The minimum Gasteiger partial charge on any atom is -0.394 e. The van der Waals surface area contributed by atoms with Crippen molar-refractivity contribution in [1.82, 2.24) is 24.8 Å². The van der Waals surface area contributed by atoms with Crippen molar-refractivity contribution >= 4 is 11.8 Å². The van der Waals surface area contributed by atoms with Crippen molar-refractivity contribution in [3.05, 3.63) is 11.9 Å². The van der Waals surface area contributed by atoms with Gasteiger partial charge in [-0.15, -0.1) is 5.10 Å². The number of amides is 2. The molecule has 1 aliphatic rings. The van der Waals surface area contributed by atoms with Gasteiger partial charge in [-0.05, 0) is 13.3 Å². The van der Waals surface area contributed by atoms with E-state index in [4.69, 9.17) is 4.74 Å². The number of hydrogen-bond acceptors (Lipinski definition) is 6. The number of aliphatic hydroxyl groups excluding tert-OH is 1. The molecule has 9 nitrogen and oxygen atoms in total. The number of fused-ring (bicyclic) bond motifs is 1. The summed E-state index contributed by atoms with van der Waals surface area (Å²) in [5, 5.41) is 17.5. The van der Waals surface area contributed by atoms with Crippen LogP contribution < -0.4 is 0 Å². The van der Waals surface area contributed by atoms with Gasteiger partial charge in [0.15, 0.2) is 0 Å². The first-order valence-electron chi connectivity index (χ1n) is 10.7. The third-order valence-electron chi connectivity index (χ3n) is 5.64. The molecule has 1 aliphatic heterocycles. The third-order valence-corrected chi connectivity index (χ3v) is 5.64. The lowest BCUT2D eigenvalue weighted by Crippen LogP contribution is -2.48. The summed E-state index contributed by atoms with van der Waals surface area (Å²) in [6.07, 6.45) is -4.38. The zero-order valence-corrected chi connectivity index (χ0v) is 18.7. The molecular weight excluding hydrogens is 431 g/mol. The van der Waals surface area contributed by atoms with Crippen LogP contribution in [0.2, 0.25) is 0 Å². The highest BCUT2D eigenvalue weighted by molar-refractivity contribution is 5.76. The van der Waals surface area contributed by atoms with Crippen molar-refractivity contribution in [2.75, 3.05) is 26.7 Å². The molecule has 182 valence electrons. The van der Waals surface area contributed by atoms with Crippen LogP contribution >= 0.6 is 0 Å². The van der Waals surface area contributed by atoms with Crippen LogP contribution in [-0.2, 0) is 27.5 Å². The Hall–Kier alpha value is -2.21. The van der Waals surface area contributed by atoms with E-state index in [-0.39, 0.29) is 44.5 Å². The van der Waals surface area contributed by atoms with Gasteiger partial charge in [-0.1, -0.05) is 12.1 Å². The third kappa shape index (κ3) is 7.73. The molecule has 1 aromatic heterocycles. The summed E-state index contributed by atoms with van der Waals surface area (Å²) in [5.74, 6) is -1.00. The van der Waals surface area contributed by atoms with E-state index in [0.29, 0.717) is 18.7 Å². The fourth-order valence-electron chi connectivity index (χ4n) is 3.56. The number of aryl methyl sites for hydroxylation is 1. The van der Waals surface area contributed by atoms with E-state index in [1.165, 1.54) is 11.9 Å². The van der Waals surface area contributed by atoms with Crippen LogP contribution in [0.5, 0.6) is 0 Å². The van der Waals surface area contributed by atoms with Crippen LogP contribution in [-0.4, -0.2) is 86.8 Å². The summed E-state index contributed by atoms with van der Waals surface area (Å²) in [5.41, 5.74) is 0.710. The first kappa shape index (κ1) is 26.0. The van der Waals surface area contributed by atoms with Gasteiger partial charge >= 0.3 is 6.18 Å². The number of hydrogen-bond donors (Lipinski definition) is 1. The summed E-state index contributed by atoms with van der Waals surface area (Å²) >= 11 is 0. The molecule has 2 amide bonds. The second kappa shape index (κ2) is 11.6. The van der Waals surface area contributed by atoms with Gasteiger partial charge in [0.1, 0.15) is 0 Å². The minimum atomic E-state index is -4.40. The average molecular weight is 464 g/mol. The monoisotopic (exact) mass is 463 g/mol. The largest absolute Gasteiger partial charge is 0.394 e. The van der Waals surface area contributed by atoms with Crippen molar-refractivity contribution in [3.63, 3.8) is 0 Å². The fraction of sp³-hybridized carbons (Fsp3) is 0.800. The smallest absolute Gasteiger partial charge is 0.389 e. The molecule has 0 unspecified atom stereocenters. The predicted molar refractivity (Wildman–Crippen MR) is 108 cm³/mol. The Balaban J connectivity index is 2.18. The Morgan fingerprint density at radius 1 is 1.44 bits per heavy atom. The number of carbonyl (C=O) groups is 2. The normalized spacial score (nSPS) is 22.0. The maximum absolute atomic E-state index is 12.8. The van der Waals surface area contributed by atoms with Crippen LogP contribution in [0.3, 0.4) is 0 Å². The molecule has 0 aromatic carbocycles. The molecule has 0 bridgehead atoms. The van der Waals surface area contributed by atoms with Gasteiger partial charge in [-0.2, -0.15) is 13.2 Å². The molecular formula is C20H32F3N5O4. The fourth-order valence-corrected chi connectivity index (χ4v) is 3.56. The molecule has 1 aromatic rings. The second-order valence-electron chi connectivity index (χ2n) is 8.35. The van der Waals surface area contributed by atoms with Gasteiger partial charge in [0.05, 0.1) is 43.7 Å². The molecule has 2 heterocycles. The number of alkyl halides is 3. The second-order valence-corrected chi connectivity index (χ2v) is 8.35. The van der Waals surface area contributed by atoms with Gasteiger partial charge in [0.25, 0.3) is 0 Å². The number of carbonyl (C=O) groups excluding carboxylic acids is 2. The molecule has 0 saturated heterocycles. The highest BCUT2D eigenvalue weighted by atomic mass is 19.4. The van der Waals surface area contributed by atoms with Gasteiger partial charge in [-0.3, -0.25) is 9.59 Å². The van der Waals surface area contributed by atoms with Crippen LogP contribution in [0.1, 0.15) is 45.2 Å². The molecule has 0 saturated carbocycles. The van der Waals surface area contributed by atoms with E-state index in [2.05, 4.69) is 10.3 Å². The molecule has 32 heavy (non-hydrogen) atoms. The zero-order chi connectivity index (χ0) is 23.9. The molecule has 12 heteroatoms. The highest BCUT2D eigenvalue weighted by Gasteiger charge is 2.31. The Morgan fingerprint density at radius 2 is 2.16 bits per heavy atom. The van der Waals surface area contributed by atoms with Gasteiger partial charge < -0.3 is 19.6 Å². The van der Waals surface area contributed by atoms with E-state index in [1.54, 1.807) is 22.7 Å². The lowest BCUT2D eigenvalue weighted by Gasteiger charge is -2.35. The standard InChI is InChI=1S/C20H32F3N5O4/c1-14-10-27(15(2)12-29)19(31)5-4-8-28-16(9-24-25-28)13-32-17(14)11-26(3)18(30)6-7-20(21,22)23/h9,14-15,17,29H,4-8,10-13H2,1-3H3/t14-,15+,17+/m0/s1. The van der Waals surface area contributed by atoms with Crippen molar-refractivity contribution in [3.8, 4) is 0 Å². The molecule has 0 radical (unpaired) electrons. The lowest BCUT2D eigenvalue weighted by molar-refractivity contribution is -0.150. The Kier molecular flexibility index (Phi) is 9.44. The molecule has 0 fully saturated rings. The number of ether oxygens (including phenoxy) is 1. The van der Waals surface area contributed by atoms with E-state index in [9.17, 15) is 27.9 Å². The maximum Gasteiger partial charge on any atom is 0.389 e. The topological polar surface area (TPSA) is 101 Å². The number of halogens is 3. The highest BCUT2D eigenvalue weighted by Crippen LogP contribution is 2.22. The van der Waals surface area contributed by atoms with Crippen LogP contribution in [0.25, 0.3) is 0 Å². The van der Waals surface area contributed by atoms with Gasteiger partial charge in [0, 0.05) is 45.4 Å². The van der Waals surface area contributed by atoms with Crippen LogP contribution in [0, 0.1) is 5.92 Å². The van der Waals surface area contributed by atoms with E-state index < -0.39 is 37.1 Å². The van der Waals surface area contributed by atoms with Crippen molar-refractivity contribution in [2.45, 2.75) is 71.0 Å². The Bertz CT molecular complexity index is 758.